The number of benzene rings is 1. The average molecular weight is 367 g/mol. The number of hydrogen-bond acceptors (Lipinski definition) is 4. The number of Topliss-reactive ketones (excluding diaryl/α,β-unsaturated/α-hetero) is 1. The number of ether oxygens (including phenoxy) is 1. The predicted molar refractivity (Wildman–Crippen MR) is 102 cm³/mol. The van der Waals surface area contributed by atoms with E-state index in [2.05, 4.69) is 6.08 Å². The second-order valence-electron chi connectivity index (χ2n) is 6.86. The van der Waals surface area contributed by atoms with Gasteiger partial charge in [-0.25, -0.2) is 4.79 Å². The Kier molecular flexibility index (Phi) is 4.64. The van der Waals surface area contributed by atoms with Crippen molar-refractivity contribution in [3.05, 3.63) is 63.9 Å². The minimum absolute atomic E-state index is 0.0925. The van der Waals surface area contributed by atoms with Crippen LogP contribution in [0.5, 0.6) is 0 Å². The zero-order valence-corrected chi connectivity index (χ0v) is 15.5. The zero-order chi connectivity index (χ0) is 18.1. The number of rotatable bonds is 4. The molecule has 1 fully saturated rings. The number of ketones is 1. The molecule has 0 aliphatic carbocycles. The van der Waals surface area contributed by atoms with Crippen molar-refractivity contribution in [1.82, 2.24) is 4.90 Å². The van der Waals surface area contributed by atoms with Crippen LogP contribution in [-0.2, 0) is 11.3 Å². The second kappa shape index (κ2) is 7.08. The molecule has 1 aromatic heterocycles. The molecular weight excluding hydrogens is 346 g/mol. The quantitative estimate of drug-likeness (QED) is 0.722. The van der Waals surface area contributed by atoms with Crippen LogP contribution in [-0.4, -0.2) is 28.9 Å². The number of carbonyl (C=O) groups excluding carboxylic acids is 2. The van der Waals surface area contributed by atoms with Crippen molar-refractivity contribution in [1.29, 1.82) is 0 Å². The lowest BCUT2D eigenvalue weighted by atomic mass is 10.0. The number of amides is 1. The third kappa shape index (κ3) is 3.31. The van der Waals surface area contributed by atoms with Gasteiger partial charge in [-0.1, -0.05) is 36.4 Å². The van der Waals surface area contributed by atoms with Crippen molar-refractivity contribution in [2.24, 2.45) is 0 Å². The van der Waals surface area contributed by atoms with Gasteiger partial charge in [0.05, 0.1) is 10.9 Å². The van der Waals surface area contributed by atoms with Crippen molar-refractivity contribution in [2.45, 2.75) is 44.9 Å². The van der Waals surface area contributed by atoms with Gasteiger partial charge in [-0.3, -0.25) is 9.69 Å². The third-order valence-corrected chi connectivity index (χ3v) is 6.34. The van der Waals surface area contributed by atoms with Crippen LogP contribution in [0.4, 0.5) is 4.79 Å². The van der Waals surface area contributed by atoms with E-state index in [0.29, 0.717) is 6.61 Å². The lowest BCUT2D eigenvalue weighted by Crippen LogP contribution is -2.43. The number of thiophene rings is 1. The third-order valence-electron chi connectivity index (χ3n) is 5.08. The molecule has 1 amide bonds. The van der Waals surface area contributed by atoms with Gasteiger partial charge in [-0.2, -0.15) is 0 Å². The van der Waals surface area contributed by atoms with Gasteiger partial charge in [0.1, 0.15) is 6.61 Å². The molecule has 2 aromatic rings. The van der Waals surface area contributed by atoms with Crippen molar-refractivity contribution >= 4 is 28.8 Å². The highest BCUT2D eigenvalue weighted by atomic mass is 32.1. The Balaban J connectivity index is 1.46. The Morgan fingerprint density at radius 3 is 2.65 bits per heavy atom. The van der Waals surface area contributed by atoms with Gasteiger partial charge in [0.25, 0.3) is 0 Å². The number of carbonyl (C=O) groups is 2. The molecule has 1 saturated heterocycles. The minimum Gasteiger partial charge on any atom is -0.445 e. The van der Waals surface area contributed by atoms with E-state index in [4.69, 9.17) is 4.74 Å². The fourth-order valence-corrected chi connectivity index (χ4v) is 4.73. The molecule has 5 heteroatoms. The molecule has 4 nitrogen and oxygen atoms in total. The topological polar surface area (TPSA) is 46.6 Å². The summed E-state index contributed by atoms with van der Waals surface area (Å²) < 4.78 is 5.54. The van der Waals surface area contributed by atoms with Crippen LogP contribution in [0.25, 0.3) is 5.57 Å². The van der Waals surface area contributed by atoms with Crippen molar-refractivity contribution in [3.63, 3.8) is 0 Å². The average Bonchev–Trinajstić information content (AvgIpc) is 3.24. The molecule has 2 bridgehead atoms. The van der Waals surface area contributed by atoms with Crippen LogP contribution >= 0.6 is 11.3 Å². The van der Waals surface area contributed by atoms with Crippen molar-refractivity contribution in [3.8, 4) is 0 Å². The van der Waals surface area contributed by atoms with Gasteiger partial charge >= 0.3 is 6.09 Å². The highest BCUT2D eigenvalue weighted by Crippen LogP contribution is 2.40. The van der Waals surface area contributed by atoms with Gasteiger partial charge in [0.2, 0.25) is 0 Å². The molecule has 0 spiro atoms. The SMILES string of the molecule is CC(=O)c1ccc(C2=CC3CCC(C2)N3C(=O)OCc2ccccc2)s1. The summed E-state index contributed by atoms with van der Waals surface area (Å²) in [6.45, 7) is 1.90. The molecule has 2 atom stereocenters. The lowest BCUT2D eigenvalue weighted by Gasteiger charge is -2.33. The summed E-state index contributed by atoms with van der Waals surface area (Å²) in [7, 11) is 0. The van der Waals surface area contributed by atoms with Crippen LogP contribution in [0.2, 0.25) is 0 Å². The van der Waals surface area contributed by atoms with E-state index in [1.807, 2.05) is 47.4 Å². The zero-order valence-electron chi connectivity index (χ0n) is 14.7. The molecule has 26 heavy (non-hydrogen) atoms. The highest BCUT2D eigenvalue weighted by molar-refractivity contribution is 7.15. The van der Waals surface area contributed by atoms with Gasteiger partial charge in [-0.05, 0) is 49.5 Å². The van der Waals surface area contributed by atoms with E-state index in [1.165, 1.54) is 5.57 Å². The number of nitrogens with zero attached hydrogens (tertiary/aromatic N) is 1. The first-order chi connectivity index (χ1) is 12.6. The Morgan fingerprint density at radius 2 is 1.96 bits per heavy atom. The maximum atomic E-state index is 12.6. The monoisotopic (exact) mass is 367 g/mol. The summed E-state index contributed by atoms with van der Waals surface area (Å²) in [6, 6.07) is 13.9. The molecule has 0 radical (unpaired) electrons. The van der Waals surface area contributed by atoms with Crippen LogP contribution < -0.4 is 0 Å². The van der Waals surface area contributed by atoms with E-state index < -0.39 is 0 Å². The minimum atomic E-state index is -0.229. The van der Waals surface area contributed by atoms with E-state index in [1.54, 1.807) is 18.3 Å². The summed E-state index contributed by atoms with van der Waals surface area (Å²) >= 11 is 1.54. The molecule has 2 aliphatic rings. The lowest BCUT2D eigenvalue weighted by molar-refractivity contribution is 0.0832. The van der Waals surface area contributed by atoms with E-state index in [9.17, 15) is 9.59 Å². The molecule has 3 heterocycles. The molecule has 134 valence electrons. The number of fused-ring (bicyclic) bond motifs is 2. The summed E-state index contributed by atoms with van der Waals surface area (Å²) in [5.74, 6) is 0.103. The molecule has 0 saturated carbocycles. The first-order valence-electron chi connectivity index (χ1n) is 8.92. The summed E-state index contributed by atoms with van der Waals surface area (Å²) in [4.78, 5) is 28.0. The number of hydrogen-bond donors (Lipinski definition) is 0. The fourth-order valence-electron chi connectivity index (χ4n) is 3.79. The smallest absolute Gasteiger partial charge is 0.410 e. The molecule has 2 unspecified atom stereocenters. The Hall–Kier alpha value is -2.40. The Bertz CT molecular complexity index is 855. The molecule has 1 aromatic carbocycles. The van der Waals surface area contributed by atoms with Gasteiger partial charge in [0.15, 0.2) is 5.78 Å². The van der Waals surface area contributed by atoms with Gasteiger partial charge in [0, 0.05) is 10.9 Å². The molecule has 0 N–H and O–H groups in total. The van der Waals surface area contributed by atoms with Gasteiger partial charge in [-0.15, -0.1) is 11.3 Å². The van der Waals surface area contributed by atoms with Crippen molar-refractivity contribution < 1.29 is 14.3 Å². The highest BCUT2D eigenvalue weighted by Gasteiger charge is 2.40. The fraction of sp³-hybridized carbons (Fsp3) is 0.333. The maximum Gasteiger partial charge on any atom is 0.410 e. The van der Waals surface area contributed by atoms with Gasteiger partial charge < -0.3 is 4.74 Å². The predicted octanol–water partition coefficient (Wildman–Crippen LogP) is 4.91. The van der Waals surface area contributed by atoms with Crippen LogP contribution in [0, 0.1) is 0 Å². The van der Waals surface area contributed by atoms with Crippen molar-refractivity contribution in [2.75, 3.05) is 0 Å². The second-order valence-corrected chi connectivity index (χ2v) is 7.95. The summed E-state index contributed by atoms with van der Waals surface area (Å²) in [6.07, 6.45) is 4.75. The maximum absolute atomic E-state index is 12.6. The van der Waals surface area contributed by atoms with Crippen LogP contribution in [0.3, 0.4) is 0 Å². The largest absolute Gasteiger partial charge is 0.445 e. The van der Waals surface area contributed by atoms with E-state index in [0.717, 1.165) is 34.6 Å². The molecular formula is C21H21NO3S. The summed E-state index contributed by atoms with van der Waals surface area (Å²) in [5, 5.41) is 0. The van der Waals surface area contributed by atoms with Crippen LogP contribution in [0.15, 0.2) is 48.5 Å². The van der Waals surface area contributed by atoms with E-state index >= 15 is 0 Å². The normalized spacial score (nSPS) is 21.4. The van der Waals surface area contributed by atoms with E-state index in [-0.39, 0.29) is 24.0 Å². The molecule has 4 rings (SSSR count). The molecule has 2 aliphatic heterocycles. The van der Waals surface area contributed by atoms with Crippen LogP contribution in [0.1, 0.15) is 46.3 Å². The first-order valence-corrected chi connectivity index (χ1v) is 9.74. The summed E-state index contributed by atoms with van der Waals surface area (Å²) in [5.41, 5.74) is 2.25. The first kappa shape index (κ1) is 17.0. The standard InChI is InChI=1S/C21H21NO3S/c1-14(23)19-9-10-20(26-19)16-11-17-7-8-18(12-16)22(17)21(24)25-13-15-5-3-2-4-6-15/h2-6,9-11,17-18H,7-8,12-13H2,1H3. The Morgan fingerprint density at radius 1 is 1.15 bits per heavy atom. The Labute approximate surface area is 157 Å².